The fourth-order valence-electron chi connectivity index (χ4n) is 1.51. The Morgan fingerprint density at radius 2 is 2.00 bits per heavy atom. The maximum atomic E-state index is 11.0. The maximum absolute atomic E-state index is 11.0. The summed E-state index contributed by atoms with van der Waals surface area (Å²) in [5.41, 5.74) is 1.09. The summed E-state index contributed by atoms with van der Waals surface area (Å²) in [5.74, 6) is 0.603. The second-order valence-corrected chi connectivity index (χ2v) is 4.05. The van der Waals surface area contributed by atoms with Gasteiger partial charge in [-0.2, -0.15) is 0 Å². The van der Waals surface area contributed by atoms with Crippen molar-refractivity contribution in [3.05, 3.63) is 29.8 Å². The van der Waals surface area contributed by atoms with E-state index in [1.165, 1.54) is 7.11 Å². The summed E-state index contributed by atoms with van der Waals surface area (Å²) in [6.07, 6.45) is 1.17. The molecule has 2 rings (SSSR count). The molecule has 1 aromatic rings. The molecule has 1 aromatic carbocycles. The van der Waals surface area contributed by atoms with E-state index in [1.54, 1.807) is 0 Å². The number of rotatable bonds is 5. The zero-order chi connectivity index (χ0) is 12.3. The van der Waals surface area contributed by atoms with Gasteiger partial charge in [0.1, 0.15) is 11.9 Å². The van der Waals surface area contributed by atoms with Crippen LogP contribution in [0.2, 0.25) is 0 Å². The number of carbonyl (C=O) groups excluding carboxylic acids is 1. The lowest BCUT2D eigenvalue weighted by Crippen LogP contribution is -2.03. The molecule has 0 spiro atoms. The molecule has 1 heterocycles. The lowest BCUT2D eigenvalue weighted by molar-refractivity contribution is -0.140. The van der Waals surface area contributed by atoms with E-state index < -0.39 is 0 Å². The Labute approximate surface area is 100 Å². The maximum Gasteiger partial charge on any atom is 0.305 e. The molecule has 92 valence electrons. The van der Waals surface area contributed by atoms with E-state index >= 15 is 0 Å². The molecular weight excluding hydrogens is 220 g/mol. The van der Waals surface area contributed by atoms with Crippen molar-refractivity contribution in [1.82, 2.24) is 0 Å². The van der Waals surface area contributed by atoms with E-state index in [-0.39, 0.29) is 18.4 Å². The summed E-state index contributed by atoms with van der Waals surface area (Å²) < 4.78 is 15.3. The summed E-state index contributed by atoms with van der Waals surface area (Å²) in [4.78, 5) is 11.0. The first-order valence-corrected chi connectivity index (χ1v) is 5.67. The summed E-state index contributed by atoms with van der Waals surface area (Å²) in [6.45, 7) is 1.97. The van der Waals surface area contributed by atoms with E-state index in [1.807, 2.05) is 31.2 Å². The molecule has 0 amide bonds. The minimum absolute atomic E-state index is 0.101. The third-order valence-electron chi connectivity index (χ3n) is 2.68. The van der Waals surface area contributed by atoms with Gasteiger partial charge in [-0.05, 0) is 31.0 Å². The third-order valence-corrected chi connectivity index (χ3v) is 2.68. The number of benzene rings is 1. The van der Waals surface area contributed by atoms with Crippen LogP contribution in [0.1, 0.15) is 18.9 Å². The highest BCUT2D eigenvalue weighted by Gasteiger charge is 2.36. The molecule has 4 nitrogen and oxygen atoms in total. The minimum atomic E-state index is -0.189. The van der Waals surface area contributed by atoms with Gasteiger partial charge in [-0.25, -0.2) is 0 Å². The van der Waals surface area contributed by atoms with Crippen LogP contribution in [0.15, 0.2) is 24.3 Å². The average Bonchev–Trinajstić information content (AvgIpc) is 3.03. The van der Waals surface area contributed by atoms with Crippen LogP contribution in [0.3, 0.4) is 0 Å². The third kappa shape index (κ3) is 3.46. The van der Waals surface area contributed by atoms with Crippen molar-refractivity contribution in [3.63, 3.8) is 0 Å². The van der Waals surface area contributed by atoms with Gasteiger partial charge in [0.05, 0.1) is 7.11 Å². The first-order valence-electron chi connectivity index (χ1n) is 5.67. The number of epoxide rings is 1. The van der Waals surface area contributed by atoms with Gasteiger partial charge in [0.15, 0.2) is 0 Å². The van der Waals surface area contributed by atoms with E-state index in [0.717, 1.165) is 11.3 Å². The van der Waals surface area contributed by atoms with Crippen molar-refractivity contribution in [1.29, 1.82) is 0 Å². The molecule has 0 radical (unpaired) electrons. The molecule has 0 saturated carbocycles. The van der Waals surface area contributed by atoms with Gasteiger partial charge in [-0.15, -0.1) is 0 Å². The Morgan fingerprint density at radius 3 is 2.53 bits per heavy atom. The largest absolute Gasteiger partial charge is 0.469 e. The lowest BCUT2D eigenvalue weighted by Gasteiger charge is -2.04. The van der Waals surface area contributed by atoms with Crippen LogP contribution in [0.4, 0.5) is 0 Å². The monoisotopic (exact) mass is 236 g/mol. The zero-order valence-corrected chi connectivity index (χ0v) is 10.0. The highest BCUT2D eigenvalue weighted by Crippen LogP contribution is 2.25. The number of methoxy groups -OCH3 is 1. The van der Waals surface area contributed by atoms with Crippen LogP contribution in [-0.4, -0.2) is 25.5 Å². The summed E-state index contributed by atoms with van der Waals surface area (Å²) in [5, 5.41) is 0. The van der Waals surface area contributed by atoms with Gasteiger partial charge in [0, 0.05) is 6.42 Å². The van der Waals surface area contributed by atoms with Crippen molar-refractivity contribution in [2.45, 2.75) is 32.2 Å². The van der Waals surface area contributed by atoms with E-state index in [2.05, 4.69) is 4.74 Å². The molecule has 0 N–H and O–H groups in total. The summed E-state index contributed by atoms with van der Waals surface area (Å²) >= 11 is 0. The van der Waals surface area contributed by atoms with Crippen LogP contribution in [0, 0.1) is 0 Å². The normalized spacial score (nSPS) is 22.0. The summed E-state index contributed by atoms with van der Waals surface area (Å²) in [6, 6.07) is 7.68. The Morgan fingerprint density at radius 1 is 1.35 bits per heavy atom. The van der Waals surface area contributed by atoms with Crippen LogP contribution in [-0.2, 0) is 20.7 Å². The lowest BCUT2D eigenvalue weighted by atomic mass is 10.1. The molecule has 17 heavy (non-hydrogen) atoms. The van der Waals surface area contributed by atoms with Crippen molar-refractivity contribution in [2.24, 2.45) is 0 Å². The quantitative estimate of drug-likeness (QED) is 0.579. The summed E-state index contributed by atoms with van der Waals surface area (Å²) in [7, 11) is 1.40. The molecule has 1 fully saturated rings. The second kappa shape index (κ2) is 5.19. The van der Waals surface area contributed by atoms with Crippen LogP contribution < -0.4 is 4.74 Å². The minimum Gasteiger partial charge on any atom is -0.469 e. The number of hydrogen-bond acceptors (Lipinski definition) is 4. The molecular formula is C13H16O4. The fraction of sp³-hybridized carbons (Fsp3) is 0.462. The highest BCUT2D eigenvalue weighted by atomic mass is 16.8. The predicted molar refractivity (Wildman–Crippen MR) is 61.7 cm³/mol. The van der Waals surface area contributed by atoms with Gasteiger partial charge in [0.25, 0.3) is 0 Å². The van der Waals surface area contributed by atoms with Crippen molar-refractivity contribution in [3.8, 4) is 5.75 Å². The molecule has 1 aliphatic heterocycles. The second-order valence-electron chi connectivity index (χ2n) is 4.05. The Balaban J connectivity index is 1.82. The number of esters is 1. The van der Waals surface area contributed by atoms with Gasteiger partial charge < -0.3 is 14.2 Å². The fourth-order valence-corrected chi connectivity index (χ4v) is 1.51. The molecule has 1 aliphatic rings. The van der Waals surface area contributed by atoms with Gasteiger partial charge in [-0.3, -0.25) is 4.79 Å². The average molecular weight is 236 g/mol. The van der Waals surface area contributed by atoms with E-state index in [4.69, 9.17) is 9.47 Å². The van der Waals surface area contributed by atoms with Gasteiger partial charge in [-0.1, -0.05) is 12.1 Å². The Kier molecular flexibility index (Phi) is 3.64. The van der Waals surface area contributed by atoms with Crippen molar-refractivity contribution >= 4 is 5.97 Å². The number of ether oxygens (including phenoxy) is 3. The van der Waals surface area contributed by atoms with Crippen LogP contribution in [0.25, 0.3) is 0 Å². The number of carbonyl (C=O) groups is 1. The highest BCUT2D eigenvalue weighted by molar-refractivity contribution is 5.69. The predicted octanol–water partition coefficient (Wildman–Crippen LogP) is 1.92. The Hall–Kier alpha value is -1.55. The van der Waals surface area contributed by atoms with Crippen LogP contribution in [0.5, 0.6) is 5.75 Å². The van der Waals surface area contributed by atoms with Crippen molar-refractivity contribution < 1.29 is 19.0 Å². The molecule has 0 aromatic heterocycles. The first-order chi connectivity index (χ1) is 8.19. The van der Waals surface area contributed by atoms with Crippen LogP contribution >= 0.6 is 0 Å². The Bertz CT molecular complexity index is 385. The molecule has 2 unspecified atom stereocenters. The smallest absolute Gasteiger partial charge is 0.305 e. The molecule has 0 bridgehead atoms. The van der Waals surface area contributed by atoms with Crippen molar-refractivity contribution in [2.75, 3.05) is 7.11 Å². The molecule has 4 heteroatoms. The standard InChI is InChI=1S/C13H16O4/c1-9-13(16-9)17-11-6-3-10(4-7-11)5-8-12(14)15-2/h3-4,6-7,9,13H,5,8H2,1-2H3. The zero-order valence-electron chi connectivity index (χ0n) is 10.0. The van der Waals surface area contributed by atoms with Gasteiger partial charge >= 0.3 is 5.97 Å². The van der Waals surface area contributed by atoms with Gasteiger partial charge in [0.2, 0.25) is 6.29 Å². The molecule has 2 atom stereocenters. The molecule has 1 saturated heterocycles. The number of aryl methyl sites for hydroxylation is 1. The number of hydrogen-bond donors (Lipinski definition) is 0. The topological polar surface area (TPSA) is 48.1 Å². The van der Waals surface area contributed by atoms with E-state index in [0.29, 0.717) is 12.8 Å². The first kappa shape index (κ1) is 11.9. The van der Waals surface area contributed by atoms with E-state index in [9.17, 15) is 4.79 Å². The molecule has 0 aliphatic carbocycles. The SMILES string of the molecule is COC(=O)CCc1ccc(OC2OC2C)cc1.